The van der Waals surface area contributed by atoms with Crippen molar-refractivity contribution in [2.24, 2.45) is 0 Å². The van der Waals surface area contributed by atoms with Crippen LogP contribution in [0.1, 0.15) is 0 Å². The number of rotatable bonds is 2. The summed E-state index contributed by atoms with van der Waals surface area (Å²) in [5, 5.41) is 0. The number of anilines is 2. The third kappa shape index (κ3) is 2.58. The lowest BCUT2D eigenvalue weighted by Crippen LogP contribution is -2.36. The van der Waals surface area contributed by atoms with Gasteiger partial charge in [-0.1, -0.05) is 0 Å². The fraction of sp³-hybridized carbons (Fsp3) is 0.455. The highest BCUT2D eigenvalue weighted by Crippen LogP contribution is 2.26. The molecule has 4 heteroatoms. The third-order valence-electron chi connectivity index (χ3n) is 2.53. The van der Waals surface area contributed by atoms with Crippen LogP contribution in [-0.4, -0.2) is 32.6 Å². The van der Waals surface area contributed by atoms with Crippen LogP contribution in [0.4, 0.5) is 11.4 Å². The average Bonchev–Trinajstić information content (AvgIpc) is 2.29. The number of benzene rings is 1. The molecule has 1 aromatic carbocycles. The Hall–Kier alpha value is -0.870. The van der Waals surface area contributed by atoms with E-state index in [1.54, 1.807) is 11.8 Å². The first-order chi connectivity index (χ1) is 7.29. The Morgan fingerprint density at radius 1 is 1.27 bits per heavy atom. The summed E-state index contributed by atoms with van der Waals surface area (Å²) in [6.07, 6.45) is 2.07. The Kier molecular flexibility index (Phi) is 3.38. The minimum atomic E-state index is 0.809. The monoisotopic (exact) mass is 224 g/mol. The van der Waals surface area contributed by atoms with Crippen LogP contribution in [0.3, 0.4) is 0 Å². The van der Waals surface area contributed by atoms with E-state index in [9.17, 15) is 0 Å². The molecule has 3 nitrogen and oxygen atoms in total. The summed E-state index contributed by atoms with van der Waals surface area (Å²) < 4.78 is 5.33. The maximum absolute atomic E-state index is 5.87. The Morgan fingerprint density at radius 2 is 2.00 bits per heavy atom. The maximum Gasteiger partial charge on any atom is 0.0642 e. The molecule has 1 aliphatic heterocycles. The molecule has 1 aromatic rings. The molecule has 0 saturated carbocycles. The molecule has 82 valence electrons. The van der Waals surface area contributed by atoms with Crippen LogP contribution in [0.5, 0.6) is 0 Å². The van der Waals surface area contributed by atoms with Crippen LogP contribution in [0.15, 0.2) is 23.1 Å². The van der Waals surface area contributed by atoms with Crippen molar-refractivity contribution >= 4 is 23.1 Å². The van der Waals surface area contributed by atoms with Crippen LogP contribution < -0.4 is 10.6 Å². The molecule has 1 saturated heterocycles. The smallest absolute Gasteiger partial charge is 0.0642 e. The van der Waals surface area contributed by atoms with Crippen molar-refractivity contribution in [1.82, 2.24) is 0 Å². The molecule has 1 aliphatic rings. The van der Waals surface area contributed by atoms with Crippen LogP contribution in [0.25, 0.3) is 0 Å². The maximum atomic E-state index is 5.87. The standard InChI is InChI=1S/C11H16N2OS/c1-15-11-7-9(12)6-10(8-11)13-2-4-14-5-3-13/h6-8H,2-5,12H2,1H3. The average molecular weight is 224 g/mol. The number of thioether (sulfide) groups is 1. The van der Waals surface area contributed by atoms with Gasteiger partial charge in [0.25, 0.3) is 0 Å². The molecule has 0 atom stereocenters. The van der Waals surface area contributed by atoms with Crippen molar-refractivity contribution in [2.45, 2.75) is 4.90 Å². The molecule has 2 N–H and O–H groups in total. The zero-order valence-electron chi connectivity index (χ0n) is 8.90. The third-order valence-corrected chi connectivity index (χ3v) is 3.23. The zero-order valence-corrected chi connectivity index (χ0v) is 9.72. The molecule has 0 radical (unpaired) electrons. The Bertz CT molecular complexity index is 337. The second-order valence-corrected chi connectivity index (χ2v) is 4.44. The van der Waals surface area contributed by atoms with Crippen molar-refractivity contribution in [2.75, 3.05) is 43.2 Å². The number of hydrogen-bond acceptors (Lipinski definition) is 4. The molecule has 0 aromatic heterocycles. The molecule has 0 amide bonds. The van der Waals surface area contributed by atoms with Crippen molar-refractivity contribution in [3.05, 3.63) is 18.2 Å². The fourth-order valence-electron chi connectivity index (χ4n) is 1.73. The molecule has 2 rings (SSSR count). The Labute approximate surface area is 94.6 Å². The van der Waals surface area contributed by atoms with Gasteiger partial charge in [0.1, 0.15) is 0 Å². The first-order valence-corrected chi connectivity index (χ1v) is 6.29. The molecule has 0 spiro atoms. The second kappa shape index (κ2) is 4.77. The number of ether oxygens (including phenoxy) is 1. The Balaban J connectivity index is 2.22. The van der Waals surface area contributed by atoms with Crippen LogP contribution in [0.2, 0.25) is 0 Å². The number of nitrogens with zero attached hydrogens (tertiary/aromatic N) is 1. The first kappa shape index (κ1) is 10.6. The summed E-state index contributed by atoms with van der Waals surface area (Å²) in [4.78, 5) is 3.54. The first-order valence-electron chi connectivity index (χ1n) is 5.07. The number of morpholine rings is 1. The van der Waals surface area contributed by atoms with Gasteiger partial charge in [-0.2, -0.15) is 0 Å². The lowest BCUT2D eigenvalue weighted by atomic mass is 10.2. The van der Waals surface area contributed by atoms with Gasteiger partial charge in [0.15, 0.2) is 0 Å². The largest absolute Gasteiger partial charge is 0.399 e. The zero-order chi connectivity index (χ0) is 10.7. The summed E-state index contributed by atoms with van der Waals surface area (Å²) in [5.41, 5.74) is 7.92. The van der Waals surface area contributed by atoms with Crippen LogP contribution in [0, 0.1) is 0 Å². The molecule has 0 bridgehead atoms. The normalized spacial score (nSPS) is 16.7. The van der Waals surface area contributed by atoms with Gasteiger partial charge in [-0.25, -0.2) is 0 Å². The van der Waals surface area contributed by atoms with E-state index in [2.05, 4.69) is 17.2 Å². The van der Waals surface area contributed by atoms with E-state index < -0.39 is 0 Å². The van der Waals surface area contributed by atoms with Crippen molar-refractivity contribution < 1.29 is 4.74 Å². The van der Waals surface area contributed by atoms with E-state index in [4.69, 9.17) is 10.5 Å². The van der Waals surface area contributed by atoms with Crippen molar-refractivity contribution in [3.63, 3.8) is 0 Å². The molecule has 0 unspecified atom stereocenters. The lowest BCUT2D eigenvalue weighted by molar-refractivity contribution is 0.122. The molecule has 0 aliphatic carbocycles. The minimum Gasteiger partial charge on any atom is -0.399 e. The highest BCUT2D eigenvalue weighted by atomic mass is 32.2. The number of hydrogen-bond donors (Lipinski definition) is 1. The van der Waals surface area contributed by atoms with E-state index in [1.807, 2.05) is 12.1 Å². The SMILES string of the molecule is CSc1cc(N)cc(N2CCOCC2)c1. The fourth-order valence-corrected chi connectivity index (χ4v) is 2.22. The number of nitrogen functional groups attached to an aromatic ring is 1. The second-order valence-electron chi connectivity index (χ2n) is 3.56. The van der Waals surface area contributed by atoms with Gasteiger partial charge in [-0.15, -0.1) is 11.8 Å². The van der Waals surface area contributed by atoms with Gasteiger partial charge in [0.05, 0.1) is 13.2 Å². The molecule has 15 heavy (non-hydrogen) atoms. The van der Waals surface area contributed by atoms with E-state index >= 15 is 0 Å². The highest BCUT2D eigenvalue weighted by molar-refractivity contribution is 7.98. The van der Waals surface area contributed by atoms with E-state index in [0.717, 1.165) is 32.0 Å². The highest BCUT2D eigenvalue weighted by Gasteiger charge is 2.11. The van der Waals surface area contributed by atoms with Crippen molar-refractivity contribution in [3.8, 4) is 0 Å². The molecular weight excluding hydrogens is 208 g/mol. The molecule has 1 heterocycles. The predicted molar refractivity (Wildman–Crippen MR) is 65.7 cm³/mol. The Morgan fingerprint density at radius 3 is 2.67 bits per heavy atom. The summed E-state index contributed by atoms with van der Waals surface area (Å²) in [6.45, 7) is 3.53. The van der Waals surface area contributed by atoms with Gasteiger partial charge < -0.3 is 15.4 Å². The van der Waals surface area contributed by atoms with E-state index in [-0.39, 0.29) is 0 Å². The van der Waals surface area contributed by atoms with E-state index in [1.165, 1.54) is 10.6 Å². The van der Waals surface area contributed by atoms with Crippen LogP contribution >= 0.6 is 11.8 Å². The van der Waals surface area contributed by atoms with Gasteiger partial charge in [-0.3, -0.25) is 0 Å². The van der Waals surface area contributed by atoms with Crippen LogP contribution in [-0.2, 0) is 4.74 Å². The lowest BCUT2D eigenvalue weighted by Gasteiger charge is -2.29. The van der Waals surface area contributed by atoms with Crippen molar-refractivity contribution in [1.29, 1.82) is 0 Å². The van der Waals surface area contributed by atoms with Gasteiger partial charge in [-0.05, 0) is 24.5 Å². The minimum absolute atomic E-state index is 0.809. The number of nitrogens with two attached hydrogens (primary N) is 1. The topological polar surface area (TPSA) is 38.5 Å². The molecular formula is C11H16N2OS. The van der Waals surface area contributed by atoms with Gasteiger partial charge in [0.2, 0.25) is 0 Å². The summed E-state index contributed by atoms with van der Waals surface area (Å²) >= 11 is 1.72. The van der Waals surface area contributed by atoms with E-state index in [0.29, 0.717) is 0 Å². The van der Waals surface area contributed by atoms with Gasteiger partial charge in [0, 0.05) is 29.4 Å². The summed E-state index contributed by atoms with van der Waals surface area (Å²) in [5.74, 6) is 0. The summed E-state index contributed by atoms with van der Waals surface area (Å²) in [7, 11) is 0. The summed E-state index contributed by atoms with van der Waals surface area (Å²) in [6, 6.07) is 6.23. The molecule has 1 fully saturated rings. The predicted octanol–water partition coefficient (Wildman–Crippen LogP) is 1.83. The quantitative estimate of drug-likeness (QED) is 0.614. The van der Waals surface area contributed by atoms with Gasteiger partial charge >= 0.3 is 0 Å².